The van der Waals surface area contributed by atoms with Crippen molar-refractivity contribution in [2.75, 3.05) is 0 Å². The molecule has 0 saturated carbocycles. The Morgan fingerprint density at radius 3 is 1.81 bits per heavy atom. The fourth-order valence-electron chi connectivity index (χ4n) is 4.15. The molecule has 212 valence electrons. The van der Waals surface area contributed by atoms with Gasteiger partial charge in [-0.25, -0.2) is 4.79 Å². The number of carbonyl (C=O) groups is 1. The Morgan fingerprint density at radius 2 is 1.24 bits per heavy atom. The molecule has 0 bridgehead atoms. The zero-order valence-electron chi connectivity index (χ0n) is 21.9. The van der Waals surface area contributed by atoms with Crippen LogP contribution in [-0.2, 0) is 25.7 Å². The van der Waals surface area contributed by atoms with E-state index in [1.165, 1.54) is 21.9 Å². The summed E-state index contributed by atoms with van der Waals surface area (Å²) in [6.45, 7) is 2.85. The van der Waals surface area contributed by atoms with Gasteiger partial charge < -0.3 is 9.47 Å². The molecule has 5 aromatic carbocycles. The number of esters is 1. The predicted molar refractivity (Wildman–Crippen MR) is 157 cm³/mol. The van der Waals surface area contributed by atoms with E-state index in [-0.39, 0.29) is 16.5 Å². The zero-order valence-corrected chi connectivity index (χ0v) is 23.5. The number of fused-ring (bicyclic) bond motifs is 1. The first-order chi connectivity index (χ1) is 20.0. The summed E-state index contributed by atoms with van der Waals surface area (Å²) in [7, 11) is -6.10. The first kappa shape index (κ1) is 29.1. The summed E-state index contributed by atoms with van der Waals surface area (Å²) in [6, 6.07) is 37.9. The second-order valence-electron chi connectivity index (χ2n) is 9.16. The molecule has 1 N–H and O–H groups in total. The Hall–Kier alpha value is -4.38. The third-order valence-corrected chi connectivity index (χ3v) is 9.45. The van der Waals surface area contributed by atoms with Crippen molar-refractivity contribution in [3.8, 4) is 11.5 Å². The molecule has 0 fully saturated rings. The van der Waals surface area contributed by atoms with Crippen molar-refractivity contribution >= 4 is 37.8 Å². The topological polar surface area (TPSA) is 89.9 Å². The summed E-state index contributed by atoms with van der Waals surface area (Å²) >= 11 is 0. The molecule has 42 heavy (non-hydrogen) atoms. The minimum absolute atomic E-state index is 0.0984. The quantitative estimate of drug-likeness (QED) is 0.0806. The van der Waals surface area contributed by atoms with Crippen LogP contribution in [0, 0.1) is 6.92 Å². The van der Waals surface area contributed by atoms with Crippen LogP contribution < -0.4 is 4.74 Å². The van der Waals surface area contributed by atoms with Crippen LogP contribution in [0.3, 0.4) is 0 Å². The van der Waals surface area contributed by atoms with Gasteiger partial charge in [-0.15, -0.1) is 0 Å². The lowest BCUT2D eigenvalue weighted by Crippen LogP contribution is -2.42. The van der Waals surface area contributed by atoms with E-state index < -0.39 is 27.4 Å². The highest BCUT2D eigenvalue weighted by molar-refractivity contribution is 7.97. The highest BCUT2D eigenvalue weighted by Crippen LogP contribution is 2.34. The Bertz CT molecular complexity index is 1770. The van der Waals surface area contributed by atoms with Gasteiger partial charge in [0.05, 0.1) is 16.5 Å². The van der Waals surface area contributed by atoms with Crippen LogP contribution in [0.1, 0.15) is 10.4 Å². The van der Waals surface area contributed by atoms with Crippen molar-refractivity contribution in [3.63, 3.8) is 0 Å². The highest BCUT2D eigenvalue weighted by Gasteiger charge is 2.57. The standard InChI is InChI=1S/C32H23F2O6S2/c1-22(32(33,34)42(36,37)38)39-31(35)25-13-12-24-21-27(15-14-23(24)20-25)40-26-16-18-30(19-17-26)41(28-8-4-2-5-9-28)29-10-6-3-7-11-29/h2-22H,1H2/q+1/p+1. The third kappa shape index (κ3) is 6.25. The van der Waals surface area contributed by atoms with Gasteiger partial charge in [-0.2, -0.15) is 17.2 Å². The van der Waals surface area contributed by atoms with Gasteiger partial charge in [-0.1, -0.05) is 48.5 Å². The predicted octanol–water partition coefficient (Wildman–Crippen LogP) is 7.57. The third-order valence-electron chi connectivity index (χ3n) is 6.27. The zero-order chi connectivity index (χ0) is 29.9. The maximum Gasteiger partial charge on any atom is 0.448 e. The van der Waals surface area contributed by atoms with E-state index in [1.807, 2.05) is 60.7 Å². The molecule has 5 aromatic rings. The van der Waals surface area contributed by atoms with Gasteiger partial charge in [-0.05, 0) is 83.6 Å². The average molecular weight is 607 g/mol. The number of ether oxygens (including phenoxy) is 2. The van der Waals surface area contributed by atoms with Crippen LogP contribution in [0.5, 0.6) is 11.5 Å². The van der Waals surface area contributed by atoms with Crippen molar-refractivity contribution in [1.29, 1.82) is 0 Å². The average Bonchev–Trinajstić information content (AvgIpc) is 2.98. The van der Waals surface area contributed by atoms with Crippen LogP contribution in [0.25, 0.3) is 10.8 Å². The van der Waals surface area contributed by atoms with E-state index >= 15 is 0 Å². The molecule has 1 unspecified atom stereocenters. The molecule has 5 rings (SSSR count). The monoisotopic (exact) mass is 606 g/mol. The molecule has 0 aliphatic heterocycles. The summed E-state index contributed by atoms with van der Waals surface area (Å²) in [5, 5.41) is -3.47. The molecular weight excluding hydrogens is 582 g/mol. The molecule has 0 heterocycles. The van der Waals surface area contributed by atoms with Gasteiger partial charge in [-0.3, -0.25) is 4.55 Å². The minimum Gasteiger partial charge on any atom is -0.457 e. The van der Waals surface area contributed by atoms with Crippen molar-refractivity contribution in [2.45, 2.75) is 26.0 Å². The Morgan fingerprint density at radius 1 is 0.738 bits per heavy atom. The molecule has 0 radical (unpaired) electrons. The van der Waals surface area contributed by atoms with Gasteiger partial charge >= 0.3 is 27.4 Å². The molecule has 0 saturated heterocycles. The van der Waals surface area contributed by atoms with E-state index in [1.54, 1.807) is 24.3 Å². The Kier molecular flexibility index (Phi) is 8.22. The molecule has 1 atom stereocenters. The van der Waals surface area contributed by atoms with Gasteiger partial charge in [0.2, 0.25) is 0 Å². The molecule has 0 aliphatic rings. The van der Waals surface area contributed by atoms with Crippen LogP contribution in [0.15, 0.2) is 136 Å². The van der Waals surface area contributed by atoms with Gasteiger partial charge in [0, 0.05) is 0 Å². The minimum atomic E-state index is -5.81. The molecule has 10 heteroatoms. The van der Waals surface area contributed by atoms with Crippen LogP contribution in [-0.4, -0.2) is 30.3 Å². The molecular formula is C32H24F2O6S2+2. The van der Waals surface area contributed by atoms with E-state index in [0.717, 1.165) is 4.90 Å². The van der Waals surface area contributed by atoms with Crippen LogP contribution in [0.2, 0.25) is 0 Å². The Labute approximate surface area is 244 Å². The van der Waals surface area contributed by atoms with E-state index in [2.05, 4.69) is 35.9 Å². The lowest BCUT2D eigenvalue weighted by molar-refractivity contribution is -0.0437. The summed E-state index contributed by atoms with van der Waals surface area (Å²) < 4.78 is 68.4. The fraction of sp³-hybridized carbons (Fsp3) is 0.0625. The normalized spacial score (nSPS) is 12.7. The molecule has 0 spiro atoms. The molecule has 0 aliphatic carbocycles. The van der Waals surface area contributed by atoms with E-state index in [9.17, 15) is 22.0 Å². The largest absolute Gasteiger partial charge is 0.457 e. The summed E-state index contributed by atoms with van der Waals surface area (Å²) in [6.07, 6.45) is -2.64. The summed E-state index contributed by atoms with van der Waals surface area (Å²) in [5.74, 6) is -0.0452. The number of alkyl halides is 2. The number of benzene rings is 5. The summed E-state index contributed by atoms with van der Waals surface area (Å²) in [5.41, 5.74) is -0.0984. The first-order valence-electron chi connectivity index (χ1n) is 12.6. The lowest BCUT2D eigenvalue weighted by Gasteiger charge is -2.16. The second kappa shape index (κ2) is 11.8. The van der Waals surface area contributed by atoms with E-state index in [4.69, 9.17) is 9.29 Å². The maximum atomic E-state index is 13.7. The SMILES string of the molecule is [CH2+]C(OC(=O)c1ccc2cc(Oc3ccc([S+](c4ccccc4)c4ccccc4)cc3)ccc2c1)C(F)(F)S(=O)(=O)O. The number of carbonyl (C=O) groups excluding carboxylic acids is 1. The number of hydrogen-bond donors (Lipinski definition) is 1. The number of hydrogen-bond acceptors (Lipinski definition) is 5. The lowest BCUT2D eigenvalue weighted by atomic mass is 10.1. The number of rotatable bonds is 9. The van der Waals surface area contributed by atoms with Crippen molar-refractivity contribution in [1.82, 2.24) is 0 Å². The van der Waals surface area contributed by atoms with Gasteiger partial charge in [0.1, 0.15) is 18.4 Å². The molecule has 0 amide bonds. The second-order valence-corrected chi connectivity index (χ2v) is 12.7. The van der Waals surface area contributed by atoms with Gasteiger partial charge in [0.25, 0.3) is 0 Å². The first-order valence-corrected chi connectivity index (χ1v) is 15.2. The van der Waals surface area contributed by atoms with Crippen LogP contribution in [0.4, 0.5) is 8.78 Å². The van der Waals surface area contributed by atoms with Crippen LogP contribution >= 0.6 is 0 Å². The number of halogens is 2. The fourth-order valence-corrected chi connectivity index (χ4v) is 6.61. The smallest absolute Gasteiger partial charge is 0.448 e. The van der Waals surface area contributed by atoms with Crippen molar-refractivity contribution < 1.29 is 36.0 Å². The van der Waals surface area contributed by atoms with Crippen molar-refractivity contribution in [3.05, 3.63) is 134 Å². The molecule has 6 nitrogen and oxygen atoms in total. The maximum absolute atomic E-state index is 13.7. The molecule has 0 aromatic heterocycles. The van der Waals surface area contributed by atoms with E-state index in [0.29, 0.717) is 22.3 Å². The highest BCUT2D eigenvalue weighted by atomic mass is 32.2. The van der Waals surface area contributed by atoms with Gasteiger partial charge in [0.15, 0.2) is 14.7 Å². The van der Waals surface area contributed by atoms with Crippen molar-refractivity contribution in [2.24, 2.45) is 0 Å². The Balaban J connectivity index is 1.32. The summed E-state index contributed by atoms with van der Waals surface area (Å²) in [4.78, 5) is 15.9.